The normalized spacial score (nSPS) is 10.2. The molecular formula is C22H21N5O4. The molecule has 1 aromatic heterocycles. The Balaban J connectivity index is 1.68. The molecule has 1 heterocycles. The highest BCUT2D eigenvalue weighted by molar-refractivity contribution is 5.97. The molecule has 3 aromatic rings. The molecule has 4 N–H and O–H groups in total. The van der Waals surface area contributed by atoms with E-state index in [4.69, 9.17) is 5.11 Å². The maximum atomic E-state index is 12.3. The van der Waals surface area contributed by atoms with Gasteiger partial charge in [-0.2, -0.15) is 0 Å². The van der Waals surface area contributed by atoms with E-state index >= 15 is 0 Å². The molecule has 31 heavy (non-hydrogen) atoms. The number of carboxylic acid groups (broad SMARTS) is 1. The van der Waals surface area contributed by atoms with Crippen molar-refractivity contribution in [2.45, 2.75) is 6.92 Å². The minimum absolute atomic E-state index is 0.324. The van der Waals surface area contributed by atoms with Gasteiger partial charge in [0.25, 0.3) is 5.91 Å². The van der Waals surface area contributed by atoms with Crippen LogP contribution in [-0.2, 0) is 9.59 Å². The first-order valence-electron chi connectivity index (χ1n) is 9.45. The third-order valence-electron chi connectivity index (χ3n) is 4.15. The second-order valence-electron chi connectivity index (χ2n) is 6.61. The van der Waals surface area contributed by atoms with Crippen molar-refractivity contribution >= 4 is 29.3 Å². The Morgan fingerprint density at radius 3 is 2.42 bits per heavy atom. The van der Waals surface area contributed by atoms with Gasteiger partial charge in [-0.1, -0.05) is 36.4 Å². The summed E-state index contributed by atoms with van der Waals surface area (Å²) in [6.07, 6.45) is 0. The van der Waals surface area contributed by atoms with Crippen LogP contribution in [0.5, 0.6) is 0 Å². The molecule has 2 amide bonds. The Morgan fingerprint density at radius 2 is 1.68 bits per heavy atom. The molecule has 0 saturated heterocycles. The number of carbonyl (C=O) groups excluding carboxylic acids is 2. The maximum Gasteiger partial charge on any atom is 0.322 e. The molecule has 0 bridgehead atoms. The van der Waals surface area contributed by atoms with Gasteiger partial charge >= 0.3 is 5.97 Å². The van der Waals surface area contributed by atoms with Gasteiger partial charge in [0.1, 0.15) is 18.2 Å². The lowest BCUT2D eigenvalue weighted by Crippen LogP contribution is -2.39. The van der Waals surface area contributed by atoms with Crippen LogP contribution in [0.25, 0.3) is 11.3 Å². The molecule has 0 saturated carbocycles. The Hall–Kier alpha value is -4.27. The fraction of sp³-hybridized carbons (Fsp3) is 0.136. The number of aliphatic carboxylic acids is 1. The molecule has 9 heteroatoms. The first-order chi connectivity index (χ1) is 14.9. The minimum atomic E-state index is -1.16. The van der Waals surface area contributed by atoms with Crippen LogP contribution in [0.15, 0.2) is 60.7 Å². The van der Waals surface area contributed by atoms with E-state index < -0.39 is 24.3 Å². The van der Waals surface area contributed by atoms with Gasteiger partial charge in [-0.05, 0) is 25.1 Å². The van der Waals surface area contributed by atoms with E-state index in [1.54, 1.807) is 31.2 Å². The smallest absolute Gasteiger partial charge is 0.322 e. The number of benzene rings is 2. The molecule has 0 atom stereocenters. The zero-order valence-corrected chi connectivity index (χ0v) is 16.8. The van der Waals surface area contributed by atoms with Crippen molar-refractivity contribution in [3.05, 3.63) is 72.1 Å². The van der Waals surface area contributed by atoms with Crippen LogP contribution in [-0.4, -0.2) is 45.9 Å². The predicted molar refractivity (Wildman–Crippen MR) is 115 cm³/mol. The second-order valence-corrected chi connectivity index (χ2v) is 6.61. The molecule has 0 spiro atoms. The number of aromatic nitrogens is 2. The summed E-state index contributed by atoms with van der Waals surface area (Å²) in [5.74, 6) is -1.02. The van der Waals surface area contributed by atoms with E-state index in [2.05, 4.69) is 25.9 Å². The highest BCUT2D eigenvalue weighted by Gasteiger charge is 2.10. The van der Waals surface area contributed by atoms with E-state index in [0.717, 1.165) is 11.3 Å². The van der Waals surface area contributed by atoms with E-state index in [1.807, 2.05) is 36.4 Å². The van der Waals surface area contributed by atoms with Crippen molar-refractivity contribution in [1.82, 2.24) is 20.6 Å². The number of nitrogens with zero attached hydrogens (tertiary/aromatic N) is 2. The summed E-state index contributed by atoms with van der Waals surface area (Å²) in [4.78, 5) is 43.2. The molecule has 0 aliphatic rings. The van der Waals surface area contributed by atoms with Crippen LogP contribution in [0.1, 0.15) is 16.2 Å². The lowest BCUT2D eigenvalue weighted by atomic mass is 10.1. The first kappa shape index (κ1) is 21.4. The molecule has 0 fully saturated rings. The van der Waals surface area contributed by atoms with Crippen LogP contribution < -0.4 is 16.0 Å². The molecule has 0 unspecified atom stereocenters. The molecule has 9 nitrogen and oxygen atoms in total. The predicted octanol–water partition coefficient (Wildman–Crippen LogP) is 2.13. The van der Waals surface area contributed by atoms with Gasteiger partial charge < -0.3 is 21.1 Å². The maximum absolute atomic E-state index is 12.3. The molecule has 2 aromatic carbocycles. The molecule has 0 aliphatic heterocycles. The summed E-state index contributed by atoms with van der Waals surface area (Å²) in [5, 5.41) is 16.4. The van der Waals surface area contributed by atoms with Gasteiger partial charge in [0.05, 0.1) is 12.2 Å². The van der Waals surface area contributed by atoms with Crippen LogP contribution >= 0.6 is 0 Å². The average molecular weight is 419 g/mol. The van der Waals surface area contributed by atoms with E-state index in [0.29, 0.717) is 22.9 Å². The highest BCUT2D eigenvalue weighted by Crippen LogP contribution is 2.22. The standard InChI is InChI=1S/C22H21N5O4/c1-14-25-18(15-6-3-2-4-7-15)11-19(26-14)27-17-9-5-8-16(10-17)22(31)24-12-20(28)23-13-21(29)30/h2-11H,12-13H2,1H3,(H,23,28)(H,24,31)(H,29,30)(H,25,26,27). The lowest BCUT2D eigenvalue weighted by Gasteiger charge is -2.10. The fourth-order valence-corrected chi connectivity index (χ4v) is 2.77. The Morgan fingerprint density at radius 1 is 0.903 bits per heavy atom. The number of rotatable bonds is 8. The third-order valence-corrected chi connectivity index (χ3v) is 4.15. The number of hydrogen-bond donors (Lipinski definition) is 4. The number of carbonyl (C=O) groups is 3. The zero-order valence-electron chi connectivity index (χ0n) is 16.8. The van der Waals surface area contributed by atoms with Gasteiger partial charge in [0.15, 0.2) is 0 Å². The van der Waals surface area contributed by atoms with Gasteiger partial charge in [0.2, 0.25) is 5.91 Å². The van der Waals surface area contributed by atoms with Crippen molar-refractivity contribution < 1.29 is 19.5 Å². The van der Waals surface area contributed by atoms with Crippen molar-refractivity contribution in [3.63, 3.8) is 0 Å². The summed E-state index contributed by atoms with van der Waals surface area (Å²) in [7, 11) is 0. The summed E-state index contributed by atoms with van der Waals surface area (Å²) in [6.45, 7) is 0.976. The van der Waals surface area contributed by atoms with Gasteiger partial charge in [-0.3, -0.25) is 14.4 Å². The fourth-order valence-electron chi connectivity index (χ4n) is 2.77. The number of anilines is 2. The van der Waals surface area contributed by atoms with Gasteiger partial charge in [0, 0.05) is 22.9 Å². The van der Waals surface area contributed by atoms with E-state index in [9.17, 15) is 14.4 Å². The topological polar surface area (TPSA) is 133 Å². The van der Waals surface area contributed by atoms with Crippen LogP contribution in [0.3, 0.4) is 0 Å². The Labute approximate surface area is 178 Å². The molecular weight excluding hydrogens is 398 g/mol. The minimum Gasteiger partial charge on any atom is -0.480 e. The molecule has 0 radical (unpaired) electrons. The van der Waals surface area contributed by atoms with Crippen LogP contribution in [0, 0.1) is 6.92 Å². The van der Waals surface area contributed by atoms with Crippen LogP contribution in [0.4, 0.5) is 11.5 Å². The van der Waals surface area contributed by atoms with Crippen LogP contribution in [0.2, 0.25) is 0 Å². The number of hydrogen-bond acceptors (Lipinski definition) is 6. The number of amides is 2. The van der Waals surface area contributed by atoms with Crippen molar-refractivity contribution in [3.8, 4) is 11.3 Å². The largest absolute Gasteiger partial charge is 0.480 e. The quantitative estimate of drug-likeness (QED) is 0.439. The SMILES string of the molecule is Cc1nc(Nc2cccc(C(=O)NCC(=O)NCC(=O)O)c2)cc(-c2ccccc2)n1. The lowest BCUT2D eigenvalue weighted by molar-refractivity contribution is -0.137. The first-order valence-corrected chi connectivity index (χ1v) is 9.45. The summed E-state index contributed by atoms with van der Waals surface area (Å²) in [6, 6.07) is 18.3. The molecule has 158 valence electrons. The Kier molecular flexibility index (Phi) is 6.89. The Bertz CT molecular complexity index is 1100. The molecule has 3 rings (SSSR count). The molecule has 0 aliphatic carbocycles. The number of carboxylic acids is 1. The number of aryl methyl sites for hydroxylation is 1. The van der Waals surface area contributed by atoms with Gasteiger partial charge in [-0.25, -0.2) is 9.97 Å². The van der Waals surface area contributed by atoms with Crippen molar-refractivity contribution in [2.75, 3.05) is 18.4 Å². The van der Waals surface area contributed by atoms with Crippen molar-refractivity contribution in [1.29, 1.82) is 0 Å². The monoisotopic (exact) mass is 419 g/mol. The van der Waals surface area contributed by atoms with Gasteiger partial charge in [-0.15, -0.1) is 0 Å². The zero-order chi connectivity index (χ0) is 22.2. The van der Waals surface area contributed by atoms with Crippen molar-refractivity contribution in [2.24, 2.45) is 0 Å². The summed E-state index contributed by atoms with van der Waals surface area (Å²) < 4.78 is 0. The van der Waals surface area contributed by atoms with E-state index in [-0.39, 0.29) is 6.54 Å². The third kappa shape index (κ3) is 6.36. The number of nitrogens with one attached hydrogen (secondary N) is 3. The summed E-state index contributed by atoms with van der Waals surface area (Å²) in [5.41, 5.74) is 2.72. The summed E-state index contributed by atoms with van der Waals surface area (Å²) >= 11 is 0. The highest BCUT2D eigenvalue weighted by atomic mass is 16.4. The van der Waals surface area contributed by atoms with E-state index in [1.165, 1.54) is 0 Å². The average Bonchev–Trinajstić information content (AvgIpc) is 2.76. The second kappa shape index (κ2) is 9.97.